The first kappa shape index (κ1) is 17.3. The monoisotopic (exact) mass is 362 g/mol. The van der Waals surface area contributed by atoms with Crippen molar-refractivity contribution in [1.82, 2.24) is 20.1 Å². The number of nitrogens with zero attached hydrogens (tertiary/aromatic N) is 3. The molecular weight excluding hydrogens is 332 g/mol. The number of piperidine rings is 1. The van der Waals surface area contributed by atoms with E-state index in [0.29, 0.717) is 23.4 Å². The van der Waals surface area contributed by atoms with Crippen LogP contribution < -0.4 is 5.32 Å². The molecule has 2 saturated carbocycles. The molecule has 0 unspecified atom stereocenters. The highest BCUT2D eigenvalue weighted by atomic mass is 32.1. The minimum Gasteiger partial charge on any atom is -0.335 e. The lowest BCUT2D eigenvalue weighted by atomic mass is 9.92. The second-order valence-corrected chi connectivity index (χ2v) is 9.35. The molecular formula is C19H30N4OS. The quantitative estimate of drug-likeness (QED) is 0.894. The van der Waals surface area contributed by atoms with Crippen molar-refractivity contribution in [2.75, 3.05) is 20.1 Å². The van der Waals surface area contributed by atoms with Crippen LogP contribution in [0.3, 0.4) is 0 Å². The second kappa shape index (κ2) is 6.88. The van der Waals surface area contributed by atoms with Crippen molar-refractivity contribution in [3.05, 3.63) is 16.6 Å². The van der Waals surface area contributed by atoms with E-state index in [2.05, 4.69) is 29.2 Å². The van der Waals surface area contributed by atoms with Gasteiger partial charge in [0.1, 0.15) is 5.01 Å². The van der Waals surface area contributed by atoms with Crippen LogP contribution in [-0.4, -0.2) is 53.0 Å². The predicted molar refractivity (Wildman–Crippen MR) is 101 cm³/mol. The van der Waals surface area contributed by atoms with E-state index >= 15 is 0 Å². The van der Waals surface area contributed by atoms with E-state index in [4.69, 9.17) is 0 Å². The lowest BCUT2D eigenvalue weighted by molar-refractivity contribution is 0.144. The van der Waals surface area contributed by atoms with Gasteiger partial charge in [0.25, 0.3) is 0 Å². The topological polar surface area (TPSA) is 48.5 Å². The van der Waals surface area contributed by atoms with Crippen molar-refractivity contribution in [3.63, 3.8) is 0 Å². The maximum atomic E-state index is 12.6. The van der Waals surface area contributed by atoms with E-state index in [1.54, 1.807) is 11.3 Å². The van der Waals surface area contributed by atoms with Crippen molar-refractivity contribution >= 4 is 17.4 Å². The number of hydrogen-bond donors (Lipinski definition) is 1. The highest BCUT2D eigenvalue weighted by Gasteiger charge is 2.56. The van der Waals surface area contributed by atoms with E-state index < -0.39 is 0 Å². The number of carbonyl (C=O) groups excluding carboxylic acids is 1. The van der Waals surface area contributed by atoms with Crippen LogP contribution in [-0.2, 0) is 6.54 Å². The Kier molecular flexibility index (Phi) is 4.75. The maximum absolute atomic E-state index is 12.6. The Morgan fingerprint density at radius 1 is 1.44 bits per heavy atom. The van der Waals surface area contributed by atoms with E-state index in [1.807, 2.05) is 16.5 Å². The van der Waals surface area contributed by atoms with E-state index in [-0.39, 0.29) is 6.03 Å². The number of aromatic nitrogens is 1. The molecule has 1 aromatic rings. The molecule has 25 heavy (non-hydrogen) atoms. The molecule has 4 rings (SSSR count). The summed E-state index contributed by atoms with van der Waals surface area (Å²) in [7, 11) is 2.22. The van der Waals surface area contributed by atoms with Crippen molar-refractivity contribution in [2.45, 2.75) is 64.1 Å². The zero-order valence-corrected chi connectivity index (χ0v) is 16.2. The summed E-state index contributed by atoms with van der Waals surface area (Å²) in [5.41, 5.74) is 0.448. The fraction of sp³-hybridized carbons (Fsp3) is 0.789. The van der Waals surface area contributed by atoms with E-state index in [9.17, 15) is 4.79 Å². The Labute approximate surface area is 154 Å². The van der Waals surface area contributed by atoms with Gasteiger partial charge in [-0.1, -0.05) is 13.3 Å². The molecule has 1 spiro atoms. The fourth-order valence-corrected chi connectivity index (χ4v) is 5.59. The average Bonchev–Trinajstić information content (AvgIpc) is 2.92. The van der Waals surface area contributed by atoms with Gasteiger partial charge >= 0.3 is 6.03 Å². The highest BCUT2D eigenvalue weighted by molar-refractivity contribution is 7.09. The SMILES string of the molecule is C[C@@H]1CCC[C@@H]1NC(=O)N1CCC2(CC1)C[C@@H]2N(C)Cc1nccs1. The molecule has 2 aliphatic carbocycles. The Morgan fingerprint density at radius 3 is 2.88 bits per heavy atom. The van der Waals surface area contributed by atoms with Crippen LogP contribution in [0.15, 0.2) is 11.6 Å². The summed E-state index contributed by atoms with van der Waals surface area (Å²) < 4.78 is 0. The van der Waals surface area contributed by atoms with Crippen LogP contribution in [0.2, 0.25) is 0 Å². The molecule has 1 aromatic heterocycles. The summed E-state index contributed by atoms with van der Waals surface area (Å²) in [5, 5.41) is 6.53. The van der Waals surface area contributed by atoms with E-state index in [1.165, 1.54) is 24.3 Å². The first-order valence-corrected chi connectivity index (χ1v) is 10.6. The van der Waals surface area contributed by atoms with Gasteiger partial charge in [0.2, 0.25) is 0 Å². The minimum atomic E-state index is 0.168. The third-order valence-corrected chi connectivity index (χ3v) is 7.53. The first-order valence-electron chi connectivity index (χ1n) is 9.71. The van der Waals surface area contributed by atoms with Crippen LogP contribution >= 0.6 is 11.3 Å². The third kappa shape index (κ3) is 3.56. The number of urea groups is 1. The van der Waals surface area contributed by atoms with Gasteiger partial charge in [-0.3, -0.25) is 4.90 Å². The summed E-state index contributed by atoms with van der Waals surface area (Å²) in [6, 6.07) is 1.22. The van der Waals surface area contributed by atoms with Crippen LogP contribution in [0.5, 0.6) is 0 Å². The summed E-state index contributed by atoms with van der Waals surface area (Å²) in [5.74, 6) is 0.632. The van der Waals surface area contributed by atoms with Gasteiger partial charge in [0.05, 0.1) is 6.54 Å². The van der Waals surface area contributed by atoms with Gasteiger partial charge in [-0.2, -0.15) is 0 Å². The smallest absolute Gasteiger partial charge is 0.317 e. The first-order chi connectivity index (χ1) is 12.1. The standard InChI is InChI=1S/C19H30N4OS/c1-14-4-3-5-15(14)21-18(24)23-9-6-19(7-10-23)12-16(19)22(2)13-17-20-8-11-25-17/h8,11,14-16H,3-7,9-10,12-13H2,1-2H3,(H,21,24)/t14-,15+,16+/m1/s1. The van der Waals surface area contributed by atoms with Crippen molar-refractivity contribution in [3.8, 4) is 0 Å². The fourth-order valence-electron chi connectivity index (χ4n) is 4.91. The number of rotatable bonds is 4. The Hall–Kier alpha value is -1.14. The van der Waals surface area contributed by atoms with Crippen molar-refractivity contribution < 1.29 is 4.79 Å². The lowest BCUT2D eigenvalue weighted by Gasteiger charge is -2.35. The molecule has 0 radical (unpaired) electrons. The number of thiazole rings is 1. The molecule has 3 fully saturated rings. The molecule has 2 heterocycles. The summed E-state index contributed by atoms with van der Waals surface area (Å²) in [6.07, 6.45) is 9.11. The van der Waals surface area contributed by atoms with Gasteiger partial charge in [-0.15, -0.1) is 11.3 Å². The normalized spacial score (nSPS) is 30.8. The molecule has 1 N–H and O–H groups in total. The van der Waals surface area contributed by atoms with Gasteiger partial charge in [0.15, 0.2) is 0 Å². The lowest BCUT2D eigenvalue weighted by Crippen LogP contribution is -2.49. The average molecular weight is 363 g/mol. The molecule has 1 saturated heterocycles. The number of amides is 2. The predicted octanol–water partition coefficient (Wildman–Crippen LogP) is 3.33. The number of likely N-dealkylation sites (tertiary alicyclic amines) is 1. The molecule has 5 nitrogen and oxygen atoms in total. The van der Waals surface area contributed by atoms with Gasteiger partial charge in [-0.05, 0) is 50.5 Å². The Morgan fingerprint density at radius 2 is 2.24 bits per heavy atom. The van der Waals surface area contributed by atoms with Gasteiger partial charge < -0.3 is 10.2 Å². The maximum Gasteiger partial charge on any atom is 0.317 e. The summed E-state index contributed by atoms with van der Waals surface area (Å²) >= 11 is 1.74. The number of nitrogens with one attached hydrogen (secondary N) is 1. The van der Waals surface area contributed by atoms with Crippen LogP contribution in [0.1, 0.15) is 50.5 Å². The Bertz CT molecular complexity index is 597. The second-order valence-electron chi connectivity index (χ2n) is 8.37. The summed E-state index contributed by atoms with van der Waals surface area (Å²) in [4.78, 5) is 21.5. The highest BCUT2D eigenvalue weighted by Crippen LogP contribution is 2.56. The van der Waals surface area contributed by atoms with Gasteiger partial charge in [0, 0.05) is 36.8 Å². The third-order valence-electron chi connectivity index (χ3n) is 6.76. The van der Waals surface area contributed by atoms with Crippen LogP contribution in [0.25, 0.3) is 0 Å². The van der Waals surface area contributed by atoms with Crippen molar-refractivity contribution in [2.24, 2.45) is 11.3 Å². The molecule has 2 amide bonds. The molecule has 6 heteroatoms. The number of hydrogen-bond acceptors (Lipinski definition) is 4. The molecule has 138 valence electrons. The zero-order valence-electron chi connectivity index (χ0n) is 15.4. The van der Waals surface area contributed by atoms with Crippen LogP contribution in [0, 0.1) is 11.3 Å². The Balaban J connectivity index is 1.25. The number of carbonyl (C=O) groups is 1. The molecule has 0 aromatic carbocycles. The zero-order chi connectivity index (χ0) is 17.4. The molecule has 3 atom stereocenters. The van der Waals surface area contributed by atoms with Gasteiger partial charge in [-0.25, -0.2) is 9.78 Å². The minimum absolute atomic E-state index is 0.168. The van der Waals surface area contributed by atoms with Crippen molar-refractivity contribution in [1.29, 1.82) is 0 Å². The molecule has 3 aliphatic rings. The van der Waals surface area contributed by atoms with E-state index in [0.717, 1.165) is 38.9 Å². The summed E-state index contributed by atoms with van der Waals surface area (Å²) in [6.45, 7) is 5.03. The largest absolute Gasteiger partial charge is 0.335 e. The molecule has 0 bridgehead atoms. The van der Waals surface area contributed by atoms with Crippen LogP contribution in [0.4, 0.5) is 4.79 Å². The molecule has 1 aliphatic heterocycles.